The van der Waals surface area contributed by atoms with E-state index in [0.29, 0.717) is 25.3 Å². The first kappa shape index (κ1) is 16.2. The summed E-state index contributed by atoms with van der Waals surface area (Å²) in [5.74, 6) is 0.646. The molecule has 0 aliphatic carbocycles. The van der Waals surface area contributed by atoms with E-state index < -0.39 is 0 Å². The number of pyridine rings is 1. The van der Waals surface area contributed by atoms with Gasteiger partial charge < -0.3 is 14.8 Å². The minimum atomic E-state index is -0.105. The summed E-state index contributed by atoms with van der Waals surface area (Å²) in [6, 6.07) is 7.50. The summed E-state index contributed by atoms with van der Waals surface area (Å²) in [5.41, 5.74) is 2.17. The molecule has 0 fully saturated rings. The molecule has 0 saturated heterocycles. The molecule has 22 heavy (non-hydrogen) atoms. The molecule has 5 heteroatoms. The lowest BCUT2D eigenvalue weighted by molar-refractivity contribution is 0.0943. The molecule has 118 valence electrons. The Labute approximate surface area is 130 Å². The van der Waals surface area contributed by atoms with Crippen LogP contribution in [-0.4, -0.2) is 37.8 Å². The average Bonchev–Trinajstić information content (AvgIpc) is 2.53. The lowest BCUT2D eigenvalue weighted by Crippen LogP contribution is -2.26. The summed E-state index contributed by atoms with van der Waals surface area (Å²) in [6.07, 6.45) is 0.799. The minimum Gasteiger partial charge on any atom is -0.497 e. The second-order valence-corrected chi connectivity index (χ2v) is 4.99. The Kier molecular flexibility index (Phi) is 5.72. The summed E-state index contributed by atoms with van der Waals surface area (Å²) < 4.78 is 10.5. The van der Waals surface area contributed by atoms with Crippen LogP contribution in [0.2, 0.25) is 0 Å². The summed E-state index contributed by atoms with van der Waals surface area (Å²) >= 11 is 0. The molecule has 1 N–H and O–H groups in total. The van der Waals surface area contributed by atoms with E-state index in [1.54, 1.807) is 7.11 Å². The molecule has 0 atom stereocenters. The first-order valence-electron chi connectivity index (χ1n) is 7.47. The van der Waals surface area contributed by atoms with Gasteiger partial charge in [-0.1, -0.05) is 0 Å². The smallest absolute Gasteiger partial charge is 0.253 e. The monoisotopic (exact) mass is 302 g/mol. The molecule has 0 radical (unpaired) electrons. The third-order valence-corrected chi connectivity index (χ3v) is 3.41. The molecule has 1 aromatic carbocycles. The number of hydrogen-bond acceptors (Lipinski definition) is 4. The minimum absolute atomic E-state index is 0.105. The second-order valence-electron chi connectivity index (χ2n) is 4.99. The highest BCUT2D eigenvalue weighted by Gasteiger charge is 2.11. The number of rotatable bonds is 7. The van der Waals surface area contributed by atoms with Gasteiger partial charge in [-0.25, -0.2) is 0 Å². The van der Waals surface area contributed by atoms with Crippen LogP contribution in [0.15, 0.2) is 24.3 Å². The number of nitrogens with zero attached hydrogens (tertiary/aromatic N) is 1. The van der Waals surface area contributed by atoms with Gasteiger partial charge in [0.1, 0.15) is 5.75 Å². The zero-order valence-electron chi connectivity index (χ0n) is 13.3. The normalized spacial score (nSPS) is 10.7. The molecule has 1 aromatic heterocycles. The largest absolute Gasteiger partial charge is 0.497 e. The second kappa shape index (κ2) is 7.75. The van der Waals surface area contributed by atoms with Crippen molar-refractivity contribution >= 4 is 16.8 Å². The summed E-state index contributed by atoms with van der Waals surface area (Å²) in [4.78, 5) is 16.8. The zero-order valence-corrected chi connectivity index (χ0v) is 13.3. The zero-order chi connectivity index (χ0) is 15.9. The molecule has 2 aromatic rings. The SMILES string of the molecule is CCOCCCNC(=O)c1cc2cc(OC)ccc2nc1C. The topological polar surface area (TPSA) is 60.5 Å². The standard InChI is InChI=1S/C17H22N2O3/c1-4-22-9-5-8-18-17(20)15-11-13-10-14(21-3)6-7-16(13)19-12(15)2/h6-7,10-11H,4-5,8-9H2,1-3H3,(H,18,20). The van der Waals surface area contributed by atoms with Crippen LogP contribution in [0.25, 0.3) is 10.9 Å². The molecule has 0 bridgehead atoms. The Morgan fingerprint density at radius 3 is 2.86 bits per heavy atom. The van der Waals surface area contributed by atoms with E-state index in [2.05, 4.69) is 10.3 Å². The van der Waals surface area contributed by atoms with E-state index in [1.165, 1.54) is 0 Å². The van der Waals surface area contributed by atoms with Crippen molar-refractivity contribution in [2.24, 2.45) is 0 Å². The molecular formula is C17H22N2O3. The summed E-state index contributed by atoms with van der Waals surface area (Å²) in [5, 5.41) is 3.79. The van der Waals surface area contributed by atoms with E-state index in [4.69, 9.17) is 9.47 Å². The maximum absolute atomic E-state index is 12.3. The predicted octanol–water partition coefficient (Wildman–Crippen LogP) is 2.71. The Morgan fingerprint density at radius 1 is 1.32 bits per heavy atom. The van der Waals surface area contributed by atoms with Gasteiger partial charge in [0.15, 0.2) is 0 Å². The summed E-state index contributed by atoms with van der Waals surface area (Å²) in [6.45, 7) is 5.75. The van der Waals surface area contributed by atoms with E-state index in [-0.39, 0.29) is 5.91 Å². The van der Waals surface area contributed by atoms with Crippen LogP contribution in [0.3, 0.4) is 0 Å². The molecule has 2 rings (SSSR count). The van der Waals surface area contributed by atoms with Crippen molar-refractivity contribution in [1.29, 1.82) is 0 Å². The highest BCUT2D eigenvalue weighted by Crippen LogP contribution is 2.21. The van der Waals surface area contributed by atoms with E-state index >= 15 is 0 Å². The van der Waals surface area contributed by atoms with Crippen molar-refractivity contribution in [2.75, 3.05) is 26.9 Å². The molecule has 1 heterocycles. The van der Waals surface area contributed by atoms with Crippen LogP contribution < -0.4 is 10.1 Å². The van der Waals surface area contributed by atoms with Gasteiger partial charge in [-0.05, 0) is 44.5 Å². The van der Waals surface area contributed by atoms with Crippen molar-refractivity contribution in [1.82, 2.24) is 10.3 Å². The van der Waals surface area contributed by atoms with Crippen molar-refractivity contribution in [2.45, 2.75) is 20.3 Å². The van der Waals surface area contributed by atoms with Crippen LogP contribution >= 0.6 is 0 Å². The highest BCUT2D eigenvalue weighted by molar-refractivity contribution is 5.98. The fourth-order valence-electron chi connectivity index (χ4n) is 2.22. The number of ether oxygens (including phenoxy) is 2. The predicted molar refractivity (Wildman–Crippen MR) is 86.5 cm³/mol. The number of nitrogens with one attached hydrogen (secondary N) is 1. The first-order chi connectivity index (χ1) is 10.7. The van der Waals surface area contributed by atoms with Crippen molar-refractivity contribution < 1.29 is 14.3 Å². The Morgan fingerprint density at radius 2 is 2.14 bits per heavy atom. The maximum atomic E-state index is 12.3. The Balaban J connectivity index is 2.12. The first-order valence-corrected chi connectivity index (χ1v) is 7.47. The van der Waals surface area contributed by atoms with Gasteiger partial charge in [0.05, 0.1) is 23.9 Å². The molecule has 0 aliphatic rings. The van der Waals surface area contributed by atoms with Gasteiger partial charge in [-0.15, -0.1) is 0 Å². The fraction of sp³-hybridized carbons (Fsp3) is 0.412. The lowest BCUT2D eigenvalue weighted by Gasteiger charge is -2.09. The molecule has 0 unspecified atom stereocenters. The van der Waals surface area contributed by atoms with Gasteiger partial charge in [-0.2, -0.15) is 0 Å². The van der Waals surface area contributed by atoms with Gasteiger partial charge in [0.25, 0.3) is 5.91 Å². The van der Waals surface area contributed by atoms with E-state index in [9.17, 15) is 4.79 Å². The Hall–Kier alpha value is -2.14. The fourth-order valence-corrected chi connectivity index (χ4v) is 2.22. The number of methoxy groups -OCH3 is 1. The number of fused-ring (bicyclic) bond motifs is 1. The quantitative estimate of drug-likeness (QED) is 0.799. The van der Waals surface area contributed by atoms with Crippen LogP contribution in [0.5, 0.6) is 5.75 Å². The van der Waals surface area contributed by atoms with Crippen molar-refractivity contribution in [3.05, 3.63) is 35.5 Å². The molecule has 0 saturated carbocycles. The van der Waals surface area contributed by atoms with Crippen molar-refractivity contribution in [3.8, 4) is 5.75 Å². The molecule has 5 nitrogen and oxygen atoms in total. The number of carbonyl (C=O) groups excluding carboxylic acids is 1. The van der Waals surface area contributed by atoms with Crippen LogP contribution in [0.4, 0.5) is 0 Å². The Bertz CT molecular complexity index is 656. The number of aryl methyl sites for hydroxylation is 1. The summed E-state index contributed by atoms with van der Waals surface area (Å²) in [7, 11) is 1.62. The third kappa shape index (κ3) is 3.95. The van der Waals surface area contributed by atoms with Crippen LogP contribution in [-0.2, 0) is 4.74 Å². The van der Waals surface area contributed by atoms with Gasteiger partial charge in [0.2, 0.25) is 0 Å². The van der Waals surface area contributed by atoms with Gasteiger partial charge in [0, 0.05) is 25.1 Å². The molecule has 0 spiro atoms. The highest BCUT2D eigenvalue weighted by atomic mass is 16.5. The van der Waals surface area contributed by atoms with Crippen LogP contribution in [0.1, 0.15) is 29.4 Å². The number of carbonyl (C=O) groups is 1. The average molecular weight is 302 g/mol. The molecular weight excluding hydrogens is 280 g/mol. The van der Waals surface area contributed by atoms with E-state index in [1.807, 2.05) is 38.1 Å². The number of benzene rings is 1. The van der Waals surface area contributed by atoms with Gasteiger partial charge in [-0.3, -0.25) is 9.78 Å². The van der Waals surface area contributed by atoms with Gasteiger partial charge >= 0.3 is 0 Å². The third-order valence-electron chi connectivity index (χ3n) is 3.41. The molecule has 0 aliphatic heterocycles. The molecule has 1 amide bonds. The van der Waals surface area contributed by atoms with Crippen LogP contribution in [0, 0.1) is 6.92 Å². The maximum Gasteiger partial charge on any atom is 0.253 e. The number of amides is 1. The van der Waals surface area contributed by atoms with Crippen molar-refractivity contribution in [3.63, 3.8) is 0 Å². The van der Waals surface area contributed by atoms with E-state index in [0.717, 1.165) is 28.8 Å². The number of aromatic nitrogens is 1. The number of hydrogen-bond donors (Lipinski definition) is 1. The lowest BCUT2D eigenvalue weighted by atomic mass is 10.1.